The fourth-order valence-corrected chi connectivity index (χ4v) is 6.45. The van der Waals surface area contributed by atoms with E-state index in [2.05, 4.69) is 33.4 Å². The summed E-state index contributed by atoms with van der Waals surface area (Å²) in [5, 5.41) is 0. The van der Waals surface area contributed by atoms with Gasteiger partial charge in [-0.25, -0.2) is 0 Å². The molecule has 0 amide bonds. The van der Waals surface area contributed by atoms with Gasteiger partial charge in [0.05, 0.1) is 25.2 Å². The summed E-state index contributed by atoms with van der Waals surface area (Å²) in [6.07, 6.45) is 7.01. The van der Waals surface area contributed by atoms with Crippen LogP contribution < -0.4 is 0 Å². The van der Waals surface area contributed by atoms with Crippen molar-refractivity contribution in [1.82, 2.24) is 0 Å². The summed E-state index contributed by atoms with van der Waals surface area (Å²) in [5.74, 6) is 2.37. The molecule has 0 aromatic heterocycles. The Bertz CT molecular complexity index is 473. The lowest BCUT2D eigenvalue weighted by Gasteiger charge is -2.59. The number of methoxy groups -OCH3 is 1. The highest BCUT2D eigenvalue weighted by molar-refractivity contribution is 5.70. The van der Waals surface area contributed by atoms with E-state index in [1.807, 2.05) is 0 Å². The highest BCUT2D eigenvalue weighted by atomic mass is 16.5. The third-order valence-corrected chi connectivity index (χ3v) is 7.26. The van der Waals surface area contributed by atoms with Crippen molar-refractivity contribution in [2.75, 3.05) is 7.11 Å². The molecule has 3 fully saturated rings. The molecule has 0 N–H and O–H groups in total. The van der Waals surface area contributed by atoms with E-state index in [0.29, 0.717) is 24.2 Å². The topological polar surface area (TPSA) is 35.5 Å². The van der Waals surface area contributed by atoms with Crippen molar-refractivity contribution in [3.8, 4) is 0 Å². The molecular formula is C19H30O3. The van der Waals surface area contributed by atoms with Crippen LogP contribution in [0.5, 0.6) is 0 Å². The van der Waals surface area contributed by atoms with E-state index in [-0.39, 0.29) is 23.1 Å². The van der Waals surface area contributed by atoms with E-state index in [1.165, 1.54) is 13.5 Å². The summed E-state index contributed by atoms with van der Waals surface area (Å²) in [6, 6.07) is 0. The molecule has 0 spiro atoms. The largest absolute Gasteiger partial charge is 0.469 e. The first-order chi connectivity index (χ1) is 10.5. The summed E-state index contributed by atoms with van der Waals surface area (Å²) in [6.45, 7) is 10.9. The van der Waals surface area contributed by atoms with E-state index in [4.69, 9.17) is 9.47 Å². The van der Waals surface area contributed by atoms with Crippen molar-refractivity contribution in [3.63, 3.8) is 0 Å². The average molecular weight is 306 g/mol. The maximum atomic E-state index is 11.9. The zero-order valence-corrected chi connectivity index (χ0v) is 14.4. The van der Waals surface area contributed by atoms with E-state index < -0.39 is 0 Å². The highest BCUT2D eigenvalue weighted by Gasteiger charge is 2.78. The van der Waals surface area contributed by atoms with Crippen molar-refractivity contribution in [3.05, 3.63) is 12.7 Å². The molecule has 7 atom stereocenters. The first-order valence-electron chi connectivity index (χ1n) is 8.91. The lowest BCUT2D eigenvalue weighted by atomic mass is 9.42. The molecule has 0 aromatic rings. The van der Waals surface area contributed by atoms with Gasteiger partial charge in [-0.3, -0.25) is 4.79 Å². The number of ether oxygens (including phenoxy) is 2. The third kappa shape index (κ3) is 1.69. The lowest BCUT2D eigenvalue weighted by Crippen LogP contribution is -2.60. The number of rotatable bonds is 6. The molecule has 1 aliphatic heterocycles. The van der Waals surface area contributed by atoms with E-state index in [9.17, 15) is 4.79 Å². The number of allylic oxidation sites excluding steroid dienone is 1. The molecule has 3 aliphatic rings. The van der Waals surface area contributed by atoms with Crippen LogP contribution in [0.3, 0.4) is 0 Å². The second kappa shape index (κ2) is 5.36. The maximum absolute atomic E-state index is 11.9. The van der Waals surface area contributed by atoms with Crippen molar-refractivity contribution in [2.24, 2.45) is 29.1 Å². The summed E-state index contributed by atoms with van der Waals surface area (Å²) >= 11 is 0. The van der Waals surface area contributed by atoms with Gasteiger partial charge in [0.1, 0.15) is 0 Å². The number of hydrogen-bond donors (Lipinski definition) is 0. The van der Waals surface area contributed by atoms with Crippen LogP contribution in [0.1, 0.15) is 52.9 Å². The predicted molar refractivity (Wildman–Crippen MR) is 86.3 cm³/mol. The molecule has 22 heavy (non-hydrogen) atoms. The molecule has 2 saturated carbocycles. The monoisotopic (exact) mass is 306 g/mol. The molecule has 3 nitrogen and oxygen atoms in total. The summed E-state index contributed by atoms with van der Waals surface area (Å²) < 4.78 is 11.6. The zero-order valence-electron chi connectivity index (χ0n) is 14.4. The van der Waals surface area contributed by atoms with Gasteiger partial charge in [0.25, 0.3) is 0 Å². The van der Waals surface area contributed by atoms with Gasteiger partial charge in [-0.15, -0.1) is 6.58 Å². The van der Waals surface area contributed by atoms with Crippen LogP contribution in [0, 0.1) is 29.1 Å². The van der Waals surface area contributed by atoms with Gasteiger partial charge in [0.2, 0.25) is 0 Å². The van der Waals surface area contributed by atoms with Gasteiger partial charge in [0.15, 0.2) is 0 Å². The predicted octanol–water partition coefficient (Wildman–Crippen LogP) is 3.97. The number of hydrogen-bond acceptors (Lipinski definition) is 3. The fourth-order valence-electron chi connectivity index (χ4n) is 6.45. The molecule has 3 rings (SSSR count). The minimum Gasteiger partial charge on any atom is -0.469 e. The van der Waals surface area contributed by atoms with Crippen molar-refractivity contribution in [1.29, 1.82) is 0 Å². The lowest BCUT2D eigenvalue weighted by molar-refractivity contribution is -0.153. The Labute approximate surface area is 134 Å². The average Bonchev–Trinajstić information content (AvgIpc) is 2.90. The van der Waals surface area contributed by atoms with Crippen LogP contribution in [0.25, 0.3) is 0 Å². The maximum Gasteiger partial charge on any atom is 0.308 e. The van der Waals surface area contributed by atoms with E-state index in [1.54, 1.807) is 0 Å². The van der Waals surface area contributed by atoms with Gasteiger partial charge >= 0.3 is 5.97 Å². The second-order valence-electron chi connectivity index (χ2n) is 7.46. The molecule has 0 radical (unpaired) electrons. The van der Waals surface area contributed by atoms with Gasteiger partial charge < -0.3 is 9.47 Å². The summed E-state index contributed by atoms with van der Waals surface area (Å²) in [7, 11) is 1.47. The molecule has 1 heterocycles. The number of esters is 1. The molecule has 3 heteroatoms. The Morgan fingerprint density at radius 3 is 2.59 bits per heavy atom. The van der Waals surface area contributed by atoms with Crippen LogP contribution in [0.2, 0.25) is 0 Å². The van der Waals surface area contributed by atoms with E-state index in [0.717, 1.165) is 25.2 Å². The van der Waals surface area contributed by atoms with Crippen LogP contribution in [-0.2, 0) is 14.3 Å². The zero-order chi connectivity index (χ0) is 16.1. The number of carbonyl (C=O) groups is 1. The molecule has 0 aromatic carbocycles. The van der Waals surface area contributed by atoms with Crippen LogP contribution in [0.15, 0.2) is 12.7 Å². The van der Waals surface area contributed by atoms with Crippen LogP contribution in [-0.4, -0.2) is 24.8 Å². The summed E-state index contributed by atoms with van der Waals surface area (Å²) in [4.78, 5) is 11.9. The standard InChI is InChI=1S/C19H30O3/c1-6-12-11-18(8-3)17-16(12)13(7-2)19(17,9-4)14(22-18)10-15(20)21-5/h7,12-14,16-17H,2,6,8-11H2,1,3-5H3/t12?,13?,14?,16?,17?,18-,19-/m1/s1. The smallest absolute Gasteiger partial charge is 0.308 e. The van der Waals surface area contributed by atoms with Gasteiger partial charge in [-0.1, -0.05) is 33.3 Å². The van der Waals surface area contributed by atoms with Crippen molar-refractivity contribution < 1.29 is 14.3 Å². The molecule has 2 aliphatic carbocycles. The number of carbonyl (C=O) groups excluding carboxylic acids is 1. The first-order valence-corrected chi connectivity index (χ1v) is 8.91. The Morgan fingerprint density at radius 1 is 1.36 bits per heavy atom. The molecule has 124 valence electrons. The molecule has 0 bridgehead atoms. The Morgan fingerprint density at radius 2 is 2.09 bits per heavy atom. The van der Waals surface area contributed by atoms with Gasteiger partial charge in [-0.05, 0) is 37.0 Å². The van der Waals surface area contributed by atoms with Crippen molar-refractivity contribution in [2.45, 2.75) is 64.6 Å². The summed E-state index contributed by atoms with van der Waals surface area (Å²) in [5.41, 5.74) is 0.0834. The first kappa shape index (κ1) is 16.0. The normalized spacial score (nSPS) is 48.6. The molecule has 5 unspecified atom stereocenters. The Hall–Kier alpha value is -0.830. The van der Waals surface area contributed by atoms with E-state index >= 15 is 0 Å². The quantitative estimate of drug-likeness (QED) is 0.550. The minimum absolute atomic E-state index is 0.00745. The molecule has 1 saturated heterocycles. The van der Waals surface area contributed by atoms with Crippen molar-refractivity contribution >= 4 is 5.97 Å². The Kier molecular flexibility index (Phi) is 3.91. The highest BCUT2D eigenvalue weighted by Crippen LogP contribution is 2.77. The molecular weight excluding hydrogens is 276 g/mol. The fraction of sp³-hybridized carbons (Fsp3) is 0.842. The minimum atomic E-state index is -0.151. The third-order valence-electron chi connectivity index (χ3n) is 7.26. The van der Waals surface area contributed by atoms with Crippen LogP contribution >= 0.6 is 0 Å². The van der Waals surface area contributed by atoms with Gasteiger partial charge in [-0.2, -0.15) is 0 Å². The Balaban J connectivity index is 2.00. The van der Waals surface area contributed by atoms with Crippen LogP contribution in [0.4, 0.5) is 0 Å². The van der Waals surface area contributed by atoms with Gasteiger partial charge in [0, 0.05) is 11.3 Å². The second-order valence-corrected chi connectivity index (χ2v) is 7.46. The SMILES string of the molecule is C=CC1C2C(CC)C[C@@]3(CC)OC(CC(=O)OC)[C@]1(CC)C23.